The van der Waals surface area contributed by atoms with Crippen LogP contribution in [0.25, 0.3) is 0 Å². The first-order valence-electron chi connectivity index (χ1n) is 8.19. The molecule has 2 heterocycles. The van der Waals surface area contributed by atoms with E-state index in [0.717, 1.165) is 10.5 Å². The molecule has 1 unspecified atom stereocenters. The van der Waals surface area contributed by atoms with Crippen LogP contribution in [0, 0.1) is 0 Å². The molecule has 1 atom stereocenters. The summed E-state index contributed by atoms with van der Waals surface area (Å²) < 4.78 is 10.2. The minimum Gasteiger partial charge on any atom is -0.452 e. The minimum absolute atomic E-state index is 0.186. The van der Waals surface area contributed by atoms with Gasteiger partial charge in [-0.15, -0.1) is 0 Å². The quantitative estimate of drug-likeness (QED) is 0.722. The number of carbonyl (C=O) groups excluding carboxylic acids is 3. The van der Waals surface area contributed by atoms with Crippen molar-refractivity contribution in [3.8, 4) is 0 Å². The maximum absolute atomic E-state index is 13.1. The van der Waals surface area contributed by atoms with E-state index >= 15 is 0 Å². The van der Waals surface area contributed by atoms with Crippen molar-refractivity contribution < 1.29 is 23.9 Å². The zero-order valence-corrected chi connectivity index (χ0v) is 14.9. The molecule has 3 amide bonds. The third kappa shape index (κ3) is 2.73. The Balaban J connectivity index is 1.94. The number of hydrogen-bond acceptors (Lipinski definition) is 5. The van der Waals surface area contributed by atoms with Crippen molar-refractivity contribution in [3.63, 3.8) is 0 Å². The Labute approximate surface area is 146 Å². The van der Waals surface area contributed by atoms with Gasteiger partial charge in [0.1, 0.15) is 5.60 Å². The molecule has 0 bridgehead atoms. The Bertz CT molecular complexity index is 739. The van der Waals surface area contributed by atoms with Crippen molar-refractivity contribution in [1.29, 1.82) is 0 Å². The van der Waals surface area contributed by atoms with Gasteiger partial charge in [0.15, 0.2) is 0 Å². The largest absolute Gasteiger partial charge is 0.452 e. The Morgan fingerprint density at radius 3 is 2.48 bits per heavy atom. The van der Waals surface area contributed by atoms with Gasteiger partial charge < -0.3 is 14.4 Å². The molecule has 1 spiro atoms. The van der Waals surface area contributed by atoms with Crippen LogP contribution in [0.1, 0.15) is 32.8 Å². The number of fused-ring (bicyclic) bond motifs is 2. The topological polar surface area (TPSA) is 76.2 Å². The lowest BCUT2D eigenvalue weighted by Crippen LogP contribution is -2.46. The monoisotopic (exact) mass is 346 g/mol. The third-order valence-corrected chi connectivity index (χ3v) is 4.55. The first-order chi connectivity index (χ1) is 11.7. The Morgan fingerprint density at radius 2 is 1.84 bits per heavy atom. The standard InChI is InChI=1S/C18H22N2O5/c1-17(2,3)25-15(22)19-10-9-18(11-19)12-7-5-6-8-13(12)20(14(18)21)16(23)24-4/h5-8H,9-11H2,1-4H3. The molecular weight excluding hydrogens is 324 g/mol. The van der Waals surface area contributed by atoms with Crippen LogP contribution in [-0.4, -0.2) is 48.8 Å². The van der Waals surface area contributed by atoms with Gasteiger partial charge in [0, 0.05) is 13.1 Å². The lowest BCUT2D eigenvalue weighted by Gasteiger charge is -2.26. The van der Waals surface area contributed by atoms with Crippen LogP contribution in [0.2, 0.25) is 0 Å². The molecule has 7 nitrogen and oxygen atoms in total. The number of nitrogens with zero attached hydrogens (tertiary/aromatic N) is 2. The lowest BCUT2D eigenvalue weighted by atomic mass is 9.81. The average Bonchev–Trinajstić information content (AvgIpc) is 3.09. The highest BCUT2D eigenvalue weighted by Crippen LogP contribution is 2.47. The van der Waals surface area contributed by atoms with Gasteiger partial charge in [0.05, 0.1) is 18.2 Å². The molecule has 0 aliphatic carbocycles. The summed E-state index contributed by atoms with van der Waals surface area (Å²) in [5.41, 5.74) is -0.272. The molecule has 0 N–H and O–H groups in total. The number of methoxy groups -OCH3 is 1. The minimum atomic E-state index is -0.929. The molecule has 1 fully saturated rings. The zero-order chi connectivity index (χ0) is 18.4. The number of hydrogen-bond donors (Lipinski definition) is 0. The Morgan fingerprint density at radius 1 is 1.16 bits per heavy atom. The number of imide groups is 1. The number of rotatable bonds is 0. The van der Waals surface area contributed by atoms with E-state index in [9.17, 15) is 14.4 Å². The van der Waals surface area contributed by atoms with Crippen LogP contribution < -0.4 is 4.90 Å². The molecule has 1 aromatic rings. The number of anilines is 1. The van der Waals surface area contributed by atoms with E-state index < -0.39 is 23.2 Å². The van der Waals surface area contributed by atoms with E-state index in [1.54, 1.807) is 32.9 Å². The molecule has 1 aromatic carbocycles. The SMILES string of the molecule is COC(=O)N1C(=O)C2(CCN(C(=O)OC(C)(C)C)C2)c2ccccc21. The van der Waals surface area contributed by atoms with Crippen LogP contribution in [-0.2, 0) is 19.7 Å². The highest BCUT2D eigenvalue weighted by molar-refractivity contribution is 6.21. The van der Waals surface area contributed by atoms with Gasteiger partial charge in [0.25, 0.3) is 0 Å². The second kappa shape index (κ2) is 5.75. The van der Waals surface area contributed by atoms with Crippen molar-refractivity contribution in [2.45, 2.75) is 38.2 Å². The summed E-state index contributed by atoms with van der Waals surface area (Å²) in [4.78, 5) is 40.2. The molecule has 2 aliphatic rings. The molecule has 3 rings (SSSR count). The van der Waals surface area contributed by atoms with Gasteiger partial charge in [0.2, 0.25) is 5.91 Å². The number of amides is 3. The van der Waals surface area contributed by atoms with Gasteiger partial charge in [-0.05, 0) is 38.8 Å². The van der Waals surface area contributed by atoms with Crippen LogP contribution in [0.3, 0.4) is 0 Å². The highest BCUT2D eigenvalue weighted by Gasteiger charge is 2.57. The summed E-state index contributed by atoms with van der Waals surface area (Å²) in [7, 11) is 1.24. The summed E-state index contributed by atoms with van der Waals surface area (Å²) in [5, 5.41) is 0. The van der Waals surface area contributed by atoms with Crippen molar-refractivity contribution >= 4 is 23.8 Å². The van der Waals surface area contributed by atoms with E-state index in [2.05, 4.69) is 0 Å². The van der Waals surface area contributed by atoms with Crippen LogP contribution in [0.15, 0.2) is 24.3 Å². The Hall–Kier alpha value is -2.57. The normalized spacial score (nSPS) is 22.3. The molecule has 1 saturated heterocycles. The summed E-state index contributed by atoms with van der Waals surface area (Å²) in [5.74, 6) is -0.355. The van der Waals surface area contributed by atoms with Gasteiger partial charge in [-0.1, -0.05) is 18.2 Å². The average molecular weight is 346 g/mol. The summed E-state index contributed by atoms with van der Waals surface area (Å²) in [6.07, 6.45) is -0.730. The smallest absolute Gasteiger partial charge is 0.420 e. The maximum Gasteiger partial charge on any atom is 0.420 e. The van der Waals surface area contributed by atoms with E-state index in [4.69, 9.17) is 9.47 Å². The van der Waals surface area contributed by atoms with Crippen LogP contribution in [0.4, 0.5) is 15.3 Å². The van der Waals surface area contributed by atoms with E-state index in [1.807, 2.05) is 12.1 Å². The van der Waals surface area contributed by atoms with Crippen LogP contribution >= 0.6 is 0 Å². The second-order valence-electron chi connectivity index (χ2n) is 7.36. The number of benzene rings is 1. The van der Waals surface area contributed by atoms with Crippen molar-refractivity contribution in [2.75, 3.05) is 25.1 Å². The molecule has 7 heteroatoms. The fourth-order valence-electron chi connectivity index (χ4n) is 3.47. The van der Waals surface area contributed by atoms with Gasteiger partial charge in [-0.25, -0.2) is 14.5 Å². The van der Waals surface area contributed by atoms with Gasteiger partial charge in [-0.2, -0.15) is 0 Å². The van der Waals surface area contributed by atoms with E-state index in [0.29, 0.717) is 18.7 Å². The fraction of sp³-hybridized carbons (Fsp3) is 0.500. The first kappa shape index (κ1) is 17.3. The summed E-state index contributed by atoms with van der Waals surface area (Å²) >= 11 is 0. The molecule has 2 aliphatic heterocycles. The van der Waals surface area contributed by atoms with Gasteiger partial charge in [-0.3, -0.25) is 4.79 Å². The predicted octanol–water partition coefficient (Wildman–Crippen LogP) is 2.68. The third-order valence-electron chi connectivity index (χ3n) is 4.55. The van der Waals surface area contributed by atoms with Gasteiger partial charge >= 0.3 is 12.2 Å². The number of carbonyl (C=O) groups is 3. The molecule has 0 radical (unpaired) electrons. The van der Waals surface area contributed by atoms with Crippen molar-refractivity contribution in [1.82, 2.24) is 4.90 Å². The fourth-order valence-corrected chi connectivity index (χ4v) is 3.47. The maximum atomic E-state index is 13.1. The second-order valence-corrected chi connectivity index (χ2v) is 7.36. The highest BCUT2D eigenvalue weighted by atomic mass is 16.6. The zero-order valence-electron chi connectivity index (χ0n) is 14.9. The predicted molar refractivity (Wildman–Crippen MR) is 90.4 cm³/mol. The molecule has 25 heavy (non-hydrogen) atoms. The van der Waals surface area contributed by atoms with Crippen LogP contribution in [0.5, 0.6) is 0 Å². The van der Waals surface area contributed by atoms with E-state index in [1.165, 1.54) is 12.0 Å². The molecule has 0 saturated carbocycles. The van der Waals surface area contributed by atoms with Crippen molar-refractivity contribution in [3.05, 3.63) is 29.8 Å². The number of likely N-dealkylation sites (tertiary alicyclic amines) is 1. The first-order valence-corrected chi connectivity index (χ1v) is 8.19. The summed E-state index contributed by atoms with van der Waals surface area (Å²) in [6, 6.07) is 7.14. The summed E-state index contributed by atoms with van der Waals surface area (Å²) in [6.45, 7) is 5.97. The van der Waals surface area contributed by atoms with Crippen molar-refractivity contribution in [2.24, 2.45) is 0 Å². The van der Waals surface area contributed by atoms with E-state index in [-0.39, 0.29) is 12.5 Å². The number of para-hydroxylation sites is 1. The lowest BCUT2D eigenvalue weighted by molar-refractivity contribution is -0.122. The molecule has 134 valence electrons. The molecule has 0 aromatic heterocycles. The Kier molecular flexibility index (Phi) is 3.97. The molecular formula is C18H22N2O5. The number of ether oxygens (including phenoxy) is 2.